The van der Waals surface area contributed by atoms with Crippen LogP contribution in [0, 0.1) is 0 Å². The van der Waals surface area contributed by atoms with Gasteiger partial charge in [0, 0.05) is 32.2 Å². The summed E-state index contributed by atoms with van der Waals surface area (Å²) in [7, 11) is -3.69. The average Bonchev–Trinajstić information content (AvgIpc) is 3.58. The molecule has 180 valence electrons. The molecule has 1 aromatic carbocycles. The van der Waals surface area contributed by atoms with E-state index >= 15 is 0 Å². The van der Waals surface area contributed by atoms with Crippen molar-refractivity contribution in [2.45, 2.75) is 36.9 Å². The molecule has 2 fully saturated rings. The fraction of sp³-hybridized carbons (Fsp3) is 0.579. The predicted octanol–water partition coefficient (Wildman–Crippen LogP) is 1.30. The lowest BCUT2D eigenvalue weighted by Gasteiger charge is -2.30. The highest BCUT2D eigenvalue weighted by Gasteiger charge is 2.40. The Morgan fingerprint density at radius 3 is 2.16 bits per heavy atom. The molecule has 3 rings (SSSR count). The maximum atomic E-state index is 13.0. The quantitative estimate of drug-likeness (QED) is 0.603. The Morgan fingerprint density at radius 2 is 1.72 bits per heavy atom. The highest BCUT2D eigenvalue weighted by atomic mass is 32.2. The Balaban J connectivity index is 0.000000451. The zero-order valence-corrected chi connectivity index (χ0v) is 18.3. The highest BCUT2D eigenvalue weighted by molar-refractivity contribution is 7.89. The molecule has 2 N–H and O–H groups in total. The van der Waals surface area contributed by atoms with E-state index < -0.39 is 22.2 Å². The number of nitrogens with one attached hydrogen (secondary N) is 1. The van der Waals surface area contributed by atoms with E-state index in [2.05, 4.69) is 5.32 Å². The number of amides is 1. The molecule has 1 amide bonds. The van der Waals surface area contributed by atoms with E-state index in [0.29, 0.717) is 25.4 Å². The van der Waals surface area contributed by atoms with E-state index in [9.17, 15) is 26.4 Å². The number of halogens is 3. The molecule has 32 heavy (non-hydrogen) atoms. The van der Waals surface area contributed by atoms with E-state index in [1.807, 2.05) is 6.92 Å². The topological polar surface area (TPSA) is 116 Å². The first-order chi connectivity index (χ1) is 15.0. The zero-order chi connectivity index (χ0) is 23.9. The van der Waals surface area contributed by atoms with Gasteiger partial charge in [0.15, 0.2) is 0 Å². The summed E-state index contributed by atoms with van der Waals surface area (Å²) in [6.45, 7) is 5.07. The van der Waals surface area contributed by atoms with Gasteiger partial charge in [-0.05, 0) is 44.0 Å². The molecular formula is C19H26F3N3O6S. The van der Waals surface area contributed by atoms with Crippen molar-refractivity contribution in [2.24, 2.45) is 0 Å². The lowest BCUT2D eigenvalue weighted by atomic mass is 10.3. The standard InChI is InChI=1S/C17H25N3O4S.C2HF3O2/c1-2-24-15-5-7-16(8-6-15)25(22,23)20(14-3-4-14)13-17(21)19-11-9-18-10-12-19;3-2(4,5)1(6)7/h5-8,14,18H,2-4,9-13H2,1H3;(H,6,7). The normalized spacial score (nSPS) is 16.8. The molecule has 1 aliphatic heterocycles. The summed E-state index contributed by atoms with van der Waals surface area (Å²) in [6.07, 6.45) is -3.46. The predicted molar refractivity (Wildman–Crippen MR) is 108 cm³/mol. The van der Waals surface area contributed by atoms with Gasteiger partial charge < -0.3 is 20.1 Å². The SMILES string of the molecule is CCOc1ccc(S(=O)(=O)N(CC(=O)N2CCNCC2)C2CC2)cc1.O=C(O)C(F)(F)F. The first kappa shape index (κ1) is 25.9. The van der Waals surface area contributed by atoms with Crippen LogP contribution in [0.3, 0.4) is 0 Å². The summed E-state index contributed by atoms with van der Waals surface area (Å²) in [5.74, 6) is -2.24. The largest absolute Gasteiger partial charge is 0.494 e. The first-order valence-electron chi connectivity index (χ1n) is 10.00. The second-order valence-corrected chi connectivity index (χ2v) is 9.01. The number of sulfonamides is 1. The Hall–Kier alpha value is -2.38. The van der Waals surface area contributed by atoms with Crippen LogP contribution in [-0.2, 0) is 19.6 Å². The van der Waals surface area contributed by atoms with Gasteiger partial charge in [-0.2, -0.15) is 17.5 Å². The summed E-state index contributed by atoms with van der Waals surface area (Å²) in [4.78, 5) is 23.4. The Bertz CT molecular complexity index is 883. The molecular weight excluding hydrogens is 455 g/mol. The van der Waals surface area contributed by atoms with Crippen molar-refractivity contribution in [2.75, 3.05) is 39.3 Å². The molecule has 0 atom stereocenters. The van der Waals surface area contributed by atoms with Crippen molar-refractivity contribution in [3.05, 3.63) is 24.3 Å². The molecule has 0 spiro atoms. The van der Waals surface area contributed by atoms with E-state index in [1.165, 1.54) is 4.31 Å². The molecule has 9 nitrogen and oxygen atoms in total. The fourth-order valence-electron chi connectivity index (χ4n) is 2.93. The molecule has 1 heterocycles. The third-order valence-electron chi connectivity index (χ3n) is 4.70. The lowest BCUT2D eigenvalue weighted by Crippen LogP contribution is -2.50. The van der Waals surface area contributed by atoms with Crippen molar-refractivity contribution >= 4 is 21.9 Å². The number of carboxylic acid groups (broad SMARTS) is 1. The van der Waals surface area contributed by atoms with Crippen LogP contribution in [0.25, 0.3) is 0 Å². The van der Waals surface area contributed by atoms with Crippen molar-refractivity contribution < 1.29 is 41.0 Å². The van der Waals surface area contributed by atoms with Gasteiger partial charge in [-0.3, -0.25) is 4.79 Å². The van der Waals surface area contributed by atoms with Gasteiger partial charge in [0.05, 0.1) is 18.0 Å². The van der Waals surface area contributed by atoms with Gasteiger partial charge in [-0.15, -0.1) is 0 Å². The maximum Gasteiger partial charge on any atom is 0.490 e. The number of aliphatic carboxylic acids is 1. The van der Waals surface area contributed by atoms with Crippen LogP contribution in [0.1, 0.15) is 19.8 Å². The van der Waals surface area contributed by atoms with Crippen LogP contribution in [0.15, 0.2) is 29.2 Å². The molecule has 1 saturated carbocycles. The second kappa shape index (κ2) is 11.0. The molecule has 2 aliphatic rings. The zero-order valence-electron chi connectivity index (χ0n) is 17.5. The molecule has 0 aromatic heterocycles. The van der Waals surface area contributed by atoms with E-state index in [4.69, 9.17) is 14.6 Å². The number of ether oxygens (including phenoxy) is 1. The monoisotopic (exact) mass is 481 g/mol. The Labute approximate surface area is 184 Å². The number of rotatable bonds is 7. The second-order valence-electron chi connectivity index (χ2n) is 7.12. The summed E-state index contributed by atoms with van der Waals surface area (Å²) < 4.78 is 64.5. The van der Waals surface area contributed by atoms with Crippen molar-refractivity contribution in [3.63, 3.8) is 0 Å². The third kappa shape index (κ3) is 7.35. The number of nitrogens with zero attached hydrogens (tertiary/aromatic N) is 2. The van der Waals surface area contributed by atoms with E-state index in [-0.39, 0.29) is 23.4 Å². The van der Waals surface area contributed by atoms with Crippen molar-refractivity contribution in [1.29, 1.82) is 0 Å². The number of piperazine rings is 1. The van der Waals surface area contributed by atoms with Crippen molar-refractivity contribution in [3.8, 4) is 5.75 Å². The number of carbonyl (C=O) groups is 2. The van der Waals surface area contributed by atoms with Gasteiger partial charge in [-0.25, -0.2) is 13.2 Å². The fourth-order valence-corrected chi connectivity index (χ4v) is 4.56. The number of carboxylic acids is 1. The molecule has 1 aromatic rings. The van der Waals surface area contributed by atoms with Crippen LogP contribution >= 0.6 is 0 Å². The number of benzene rings is 1. The van der Waals surface area contributed by atoms with Gasteiger partial charge in [0.2, 0.25) is 15.9 Å². The minimum absolute atomic E-state index is 0.0663. The lowest BCUT2D eigenvalue weighted by molar-refractivity contribution is -0.192. The molecule has 0 unspecified atom stereocenters. The number of alkyl halides is 3. The molecule has 0 bridgehead atoms. The van der Waals surface area contributed by atoms with Crippen molar-refractivity contribution in [1.82, 2.24) is 14.5 Å². The Morgan fingerprint density at radius 1 is 1.19 bits per heavy atom. The third-order valence-corrected chi connectivity index (χ3v) is 6.61. The smallest absolute Gasteiger partial charge is 0.490 e. The number of hydrogen-bond donors (Lipinski definition) is 2. The number of hydrogen-bond acceptors (Lipinski definition) is 6. The first-order valence-corrected chi connectivity index (χ1v) is 11.4. The molecule has 1 aliphatic carbocycles. The maximum absolute atomic E-state index is 13.0. The van der Waals surface area contributed by atoms with Gasteiger partial charge in [0.25, 0.3) is 0 Å². The van der Waals surface area contributed by atoms with Crippen LogP contribution in [0.4, 0.5) is 13.2 Å². The summed E-state index contributed by atoms with van der Waals surface area (Å²) in [5, 5.41) is 10.3. The summed E-state index contributed by atoms with van der Waals surface area (Å²) in [6, 6.07) is 6.33. The summed E-state index contributed by atoms with van der Waals surface area (Å²) >= 11 is 0. The average molecular weight is 481 g/mol. The van der Waals surface area contributed by atoms with Crippen LogP contribution in [0.2, 0.25) is 0 Å². The van der Waals surface area contributed by atoms with Crippen LogP contribution in [0.5, 0.6) is 5.75 Å². The van der Waals surface area contributed by atoms with E-state index in [0.717, 1.165) is 25.9 Å². The van der Waals surface area contributed by atoms with Gasteiger partial charge >= 0.3 is 12.1 Å². The highest BCUT2D eigenvalue weighted by Crippen LogP contribution is 2.32. The number of carbonyl (C=O) groups excluding carboxylic acids is 1. The summed E-state index contributed by atoms with van der Waals surface area (Å²) in [5.41, 5.74) is 0. The van der Waals surface area contributed by atoms with Gasteiger partial charge in [-0.1, -0.05) is 0 Å². The van der Waals surface area contributed by atoms with Gasteiger partial charge in [0.1, 0.15) is 5.75 Å². The van der Waals surface area contributed by atoms with E-state index in [1.54, 1.807) is 29.2 Å². The molecule has 13 heteroatoms. The van der Waals surface area contributed by atoms with Crippen LogP contribution in [-0.4, -0.2) is 86.2 Å². The molecule has 0 radical (unpaired) electrons. The minimum Gasteiger partial charge on any atom is -0.494 e. The Kier molecular flexibility index (Phi) is 8.87. The minimum atomic E-state index is -5.08. The van der Waals surface area contributed by atoms with Crippen LogP contribution < -0.4 is 10.1 Å². The molecule has 1 saturated heterocycles.